The third-order valence-corrected chi connectivity index (χ3v) is 14.3. The van der Waals surface area contributed by atoms with Crippen LogP contribution in [0.4, 0.5) is 0 Å². The third-order valence-electron chi connectivity index (χ3n) is 14.3. The van der Waals surface area contributed by atoms with Gasteiger partial charge in [0.05, 0.1) is 12.7 Å². The van der Waals surface area contributed by atoms with Gasteiger partial charge in [0.1, 0.15) is 24.4 Å². The summed E-state index contributed by atoms with van der Waals surface area (Å²) in [6.07, 6.45) is 5.35. The van der Waals surface area contributed by atoms with Crippen molar-refractivity contribution in [2.75, 3.05) is 6.61 Å². The van der Waals surface area contributed by atoms with Crippen LogP contribution in [0.5, 0.6) is 0 Å². The van der Waals surface area contributed by atoms with Gasteiger partial charge in [-0.3, -0.25) is 0 Å². The fourth-order valence-electron chi connectivity index (χ4n) is 11.1. The van der Waals surface area contributed by atoms with Crippen LogP contribution in [0, 0.1) is 45.3 Å². The van der Waals surface area contributed by atoms with Gasteiger partial charge in [0, 0.05) is 0 Å². The fourth-order valence-corrected chi connectivity index (χ4v) is 11.1. The highest BCUT2D eigenvalue weighted by Gasteiger charge is 2.63. The van der Waals surface area contributed by atoms with Crippen molar-refractivity contribution in [3.05, 3.63) is 23.3 Å². The molecular weight excluding hydrogens is 540 g/mol. The lowest BCUT2D eigenvalue weighted by Gasteiger charge is -2.63. The molecule has 1 aliphatic heterocycles. The minimum absolute atomic E-state index is 0.120. The van der Waals surface area contributed by atoms with Crippen LogP contribution < -0.4 is 0 Å². The van der Waals surface area contributed by atoms with Crippen LogP contribution in [-0.2, 0) is 9.47 Å². The van der Waals surface area contributed by atoms with Crippen molar-refractivity contribution < 1.29 is 29.9 Å². The van der Waals surface area contributed by atoms with E-state index in [4.69, 9.17) is 9.47 Å². The maximum absolute atomic E-state index is 10.7. The first-order valence-corrected chi connectivity index (χ1v) is 17.4. The van der Waals surface area contributed by atoms with Gasteiger partial charge in [-0.25, -0.2) is 0 Å². The zero-order valence-corrected chi connectivity index (χ0v) is 28.4. The molecule has 12 atom stereocenters. The van der Waals surface area contributed by atoms with Gasteiger partial charge < -0.3 is 29.9 Å². The van der Waals surface area contributed by atoms with Crippen molar-refractivity contribution in [3.8, 4) is 0 Å². The summed E-state index contributed by atoms with van der Waals surface area (Å²) in [5, 5.41) is 41.0. The summed E-state index contributed by atoms with van der Waals surface area (Å²) in [5.74, 6) is 2.48. The Bertz CT molecular complexity index is 1080. The Labute approximate surface area is 261 Å². The number of allylic oxidation sites excluding steroid dienone is 3. The van der Waals surface area contributed by atoms with E-state index in [1.54, 1.807) is 11.1 Å². The Morgan fingerprint density at radius 2 is 1.60 bits per heavy atom. The van der Waals surface area contributed by atoms with Crippen molar-refractivity contribution in [2.24, 2.45) is 45.3 Å². The van der Waals surface area contributed by atoms with Crippen molar-refractivity contribution in [3.63, 3.8) is 0 Å². The topological polar surface area (TPSA) is 99.4 Å². The number of hydrogen-bond donors (Lipinski definition) is 4. The van der Waals surface area contributed by atoms with Gasteiger partial charge in [-0.1, -0.05) is 78.7 Å². The molecule has 0 aromatic carbocycles. The summed E-state index contributed by atoms with van der Waals surface area (Å²) in [5.41, 5.74) is 5.47. The molecule has 1 heterocycles. The molecular formula is C37H62O6. The molecule has 246 valence electrons. The monoisotopic (exact) mass is 602 g/mol. The molecule has 0 unspecified atom stereocenters. The quantitative estimate of drug-likeness (QED) is 0.235. The molecule has 4 aliphatic carbocycles. The molecule has 3 fully saturated rings. The summed E-state index contributed by atoms with van der Waals surface area (Å²) in [6.45, 7) is 23.4. The Balaban J connectivity index is 1.35. The molecule has 4 N–H and O–H groups in total. The number of aliphatic hydroxyl groups excluding tert-OH is 4. The second-order valence-electron chi connectivity index (χ2n) is 16.9. The molecule has 5 aliphatic rings. The SMILES string of the molecule is C=C(CC[C@@H](C)[C@H]1CC[C@@]2(C)C3=C(CC[C@]12C)[C@]1(C)CC[C@H](O[C@@H]2O[C@H](CO)[C@@H](O)[C@H](O)[C@H]2O)C(C)(C)[C@H]1CC3)C(C)C. The molecule has 5 rings (SSSR count). The van der Waals surface area contributed by atoms with Crippen molar-refractivity contribution in [2.45, 2.75) is 156 Å². The predicted molar refractivity (Wildman–Crippen MR) is 170 cm³/mol. The lowest BCUT2D eigenvalue weighted by molar-refractivity contribution is -0.325. The van der Waals surface area contributed by atoms with E-state index < -0.39 is 37.3 Å². The van der Waals surface area contributed by atoms with Crippen LogP contribution in [-0.4, -0.2) is 63.8 Å². The highest BCUT2D eigenvalue weighted by atomic mass is 16.7. The maximum Gasteiger partial charge on any atom is 0.186 e. The van der Waals surface area contributed by atoms with E-state index in [9.17, 15) is 20.4 Å². The van der Waals surface area contributed by atoms with E-state index in [1.807, 2.05) is 0 Å². The number of ether oxygens (including phenoxy) is 2. The maximum atomic E-state index is 10.7. The van der Waals surface area contributed by atoms with Crippen molar-refractivity contribution in [1.29, 1.82) is 0 Å². The molecule has 6 heteroatoms. The third kappa shape index (κ3) is 5.23. The number of rotatable bonds is 8. The molecule has 0 amide bonds. The van der Waals surface area contributed by atoms with Gasteiger partial charge in [0.25, 0.3) is 0 Å². The van der Waals surface area contributed by atoms with Crippen LogP contribution in [0.2, 0.25) is 0 Å². The smallest absolute Gasteiger partial charge is 0.186 e. The Hall–Kier alpha value is -0.760. The largest absolute Gasteiger partial charge is 0.394 e. The van der Waals surface area contributed by atoms with Crippen LogP contribution in [0.1, 0.15) is 120 Å². The lowest BCUT2D eigenvalue weighted by atomic mass is 9.43. The van der Waals surface area contributed by atoms with E-state index in [-0.39, 0.29) is 22.3 Å². The second-order valence-corrected chi connectivity index (χ2v) is 16.9. The van der Waals surface area contributed by atoms with Gasteiger partial charge in [-0.05, 0) is 110 Å². The summed E-state index contributed by atoms with van der Waals surface area (Å²) in [4.78, 5) is 0. The van der Waals surface area contributed by atoms with E-state index in [2.05, 4.69) is 62.0 Å². The van der Waals surface area contributed by atoms with Gasteiger partial charge in [0.15, 0.2) is 6.29 Å². The van der Waals surface area contributed by atoms with E-state index in [0.717, 1.165) is 38.0 Å². The first kappa shape index (κ1) is 33.6. The van der Waals surface area contributed by atoms with Crippen LogP contribution in [0.25, 0.3) is 0 Å². The number of fused-ring (bicyclic) bond motifs is 4. The highest BCUT2D eigenvalue weighted by Crippen LogP contribution is 2.72. The Kier molecular flexibility index (Phi) is 9.22. The van der Waals surface area contributed by atoms with E-state index >= 15 is 0 Å². The van der Waals surface area contributed by atoms with Crippen molar-refractivity contribution in [1.82, 2.24) is 0 Å². The molecule has 43 heavy (non-hydrogen) atoms. The van der Waals surface area contributed by atoms with E-state index in [0.29, 0.717) is 23.2 Å². The minimum Gasteiger partial charge on any atom is -0.394 e. The Morgan fingerprint density at radius 3 is 2.26 bits per heavy atom. The minimum atomic E-state index is -1.42. The molecule has 0 bridgehead atoms. The standard InChI is InChI=1S/C37H62O6/c1-21(2)22(3)10-11-23(4)24-14-18-37(9)26-12-13-28-34(5,6)29(16-17-35(28,7)25(26)15-19-36(24,37)8)43-33-32(41)31(40)30(39)27(20-38)42-33/h21,23-24,27-33,38-41H,3,10-20H2,1-2,4-9H3/t23-,24-,27-,28-,29+,30-,31+,32-,33+,35+,36-,37+/m1/s1. The number of aliphatic hydroxyl groups is 4. The lowest BCUT2D eigenvalue weighted by Crippen LogP contribution is -2.61. The zero-order chi connectivity index (χ0) is 31.7. The zero-order valence-electron chi connectivity index (χ0n) is 28.4. The van der Waals surface area contributed by atoms with Crippen LogP contribution in [0.15, 0.2) is 23.3 Å². The molecule has 6 nitrogen and oxygen atoms in total. The summed E-state index contributed by atoms with van der Waals surface area (Å²) >= 11 is 0. The molecule has 0 aromatic rings. The Morgan fingerprint density at radius 1 is 0.907 bits per heavy atom. The summed E-state index contributed by atoms with van der Waals surface area (Å²) < 4.78 is 12.2. The highest BCUT2D eigenvalue weighted by molar-refractivity contribution is 5.38. The molecule has 0 spiro atoms. The number of hydrogen-bond acceptors (Lipinski definition) is 6. The second kappa shape index (κ2) is 11.8. The van der Waals surface area contributed by atoms with Crippen molar-refractivity contribution >= 4 is 0 Å². The van der Waals surface area contributed by atoms with Crippen LogP contribution >= 0.6 is 0 Å². The fraction of sp³-hybridized carbons (Fsp3) is 0.892. The van der Waals surface area contributed by atoms with Gasteiger partial charge in [-0.15, -0.1) is 0 Å². The first-order valence-electron chi connectivity index (χ1n) is 17.4. The van der Waals surface area contributed by atoms with E-state index in [1.165, 1.54) is 37.7 Å². The van der Waals surface area contributed by atoms with Crippen LogP contribution in [0.3, 0.4) is 0 Å². The normalized spacial score (nSPS) is 46.7. The molecule has 0 aromatic heterocycles. The summed E-state index contributed by atoms with van der Waals surface area (Å²) in [6, 6.07) is 0. The predicted octanol–water partition coefficient (Wildman–Crippen LogP) is 6.55. The molecule has 0 radical (unpaired) electrons. The van der Waals surface area contributed by atoms with Gasteiger partial charge in [-0.2, -0.15) is 0 Å². The molecule has 2 saturated carbocycles. The first-order chi connectivity index (χ1) is 20.0. The average Bonchev–Trinajstić information content (AvgIpc) is 3.24. The average molecular weight is 603 g/mol. The molecule has 1 saturated heterocycles. The van der Waals surface area contributed by atoms with Gasteiger partial charge in [0.2, 0.25) is 0 Å². The van der Waals surface area contributed by atoms with Gasteiger partial charge >= 0.3 is 0 Å². The summed E-state index contributed by atoms with van der Waals surface area (Å²) in [7, 11) is 0.